The lowest BCUT2D eigenvalue weighted by atomic mass is 10.0. The van der Waals surface area contributed by atoms with Crippen molar-refractivity contribution < 1.29 is 24.2 Å². The Kier molecular flexibility index (Phi) is 8.71. The summed E-state index contributed by atoms with van der Waals surface area (Å²) in [4.78, 5) is 23.7. The number of aromatic hydroxyl groups is 1. The molecule has 0 saturated heterocycles. The van der Waals surface area contributed by atoms with Crippen LogP contribution in [-0.4, -0.2) is 29.5 Å². The van der Waals surface area contributed by atoms with Gasteiger partial charge in [0.15, 0.2) is 5.78 Å². The first-order valence-corrected chi connectivity index (χ1v) is 11.1. The third-order valence-corrected chi connectivity index (χ3v) is 5.85. The molecule has 0 spiro atoms. The summed E-state index contributed by atoms with van der Waals surface area (Å²) in [5.41, 5.74) is 7.73. The summed E-state index contributed by atoms with van der Waals surface area (Å²) in [6, 6.07) is 8.00. The number of halogens is 2. The van der Waals surface area contributed by atoms with Gasteiger partial charge in [0.05, 0.1) is 7.14 Å². The van der Waals surface area contributed by atoms with E-state index in [1.54, 1.807) is 32.0 Å². The molecular weight excluding hydrogens is 600 g/mol. The number of esters is 1. The van der Waals surface area contributed by atoms with Crippen LogP contribution >= 0.6 is 45.2 Å². The van der Waals surface area contributed by atoms with Crippen LogP contribution < -0.4 is 10.5 Å². The highest BCUT2D eigenvalue weighted by Crippen LogP contribution is 2.33. The molecule has 0 unspecified atom stereocenters. The van der Waals surface area contributed by atoms with Gasteiger partial charge in [-0.3, -0.25) is 9.59 Å². The highest BCUT2D eigenvalue weighted by molar-refractivity contribution is 14.1. The van der Waals surface area contributed by atoms with E-state index < -0.39 is 12.0 Å². The molecule has 2 rings (SSSR count). The van der Waals surface area contributed by atoms with Gasteiger partial charge in [-0.05, 0) is 93.9 Å². The Morgan fingerprint density at radius 2 is 1.83 bits per heavy atom. The van der Waals surface area contributed by atoms with Gasteiger partial charge in [0.2, 0.25) is 0 Å². The second kappa shape index (κ2) is 10.6. The van der Waals surface area contributed by atoms with Crippen molar-refractivity contribution in [3.63, 3.8) is 0 Å². The molecule has 0 aliphatic heterocycles. The minimum absolute atomic E-state index is 0.138. The fraction of sp³-hybridized carbons (Fsp3) is 0.333. The van der Waals surface area contributed by atoms with Crippen LogP contribution in [0.5, 0.6) is 17.2 Å². The van der Waals surface area contributed by atoms with E-state index in [1.165, 1.54) is 0 Å². The van der Waals surface area contributed by atoms with Gasteiger partial charge in [-0.1, -0.05) is 19.9 Å². The maximum Gasteiger partial charge on any atom is 0.323 e. The first kappa shape index (κ1) is 23.9. The predicted molar refractivity (Wildman–Crippen MR) is 127 cm³/mol. The van der Waals surface area contributed by atoms with E-state index in [2.05, 4.69) is 22.6 Å². The molecule has 1 atom stereocenters. The van der Waals surface area contributed by atoms with Crippen LogP contribution in [0.1, 0.15) is 25.0 Å². The van der Waals surface area contributed by atoms with Crippen LogP contribution in [0.4, 0.5) is 0 Å². The number of hydrogen-bond acceptors (Lipinski definition) is 6. The van der Waals surface area contributed by atoms with Crippen LogP contribution in [0.15, 0.2) is 30.3 Å². The number of ketones is 1. The molecule has 0 saturated carbocycles. The van der Waals surface area contributed by atoms with Gasteiger partial charge in [0.25, 0.3) is 0 Å². The number of hydrogen-bond donors (Lipinski definition) is 2. The molecule has 0 aliphatic carbocycles. The molecule has 2 aromatic rings. The number of phenolic OH excluding ortho intramolecular Hbond substituents is 1. The Labute approximate surface area is 197 Å². The number of rotatable bonds is 8. The number of phenols is 1. The van der Waals surface area contributed by atoms with Crippen LogP contribution in [0.25, 0.3) is 0 Å². The molecule has 29 heavy (non-hydrogen) atoms. The number of benzene rings is 2. The average molecular weight is 623 g/mol. The Morgan fingerprint density at radius 1 is 1.14 bits per heavy atom. The molecule has 2 aromatic carbocycles. The van der Waals surface area contributed by atoms with E-state index in [0.29, 0.717) is 21.5 Å². The van der Waals surface area contributed by atoms with Crippen LogP contribution in [0, 0.1) is 20.0 Å². The Balaban J connectivity index is 2.07. The summed E-state index contributed by atoms with van der Waals surface area (Å²) in [7, 11) is 0. The van der Waals surface area contributed by atoms with E-state index >= 15 is 0 Å². The SMILES string of the molecule is Cc1cc(C[C@H](N)C(=O)OCC(=O)C(C)C)cc(I)c1Oc1ccc(O)c(I)c1. The molecule has 156 valence electrons. The van der Waals surface area contributed by atoms with E-state index in [-0.39, 0.29) is 24.1 Å². The van der Waals surface area contributed by atoms with E-state index in [9.17, 15) is 14.7 Å². The van der Waals surface area contributed by atoms with E-state index in [1.807, 2.05) is 41.6 Å². The molecule has 0 fully saturated rings. The molecule has 6 nitrogen and oxygen atoms in total. The van der Waals surface area contributed by atoms with E-state index in [4.69, 9.17) is 15.2 Å². The van der Waals surface area contributed by atoms with Crippen molar-refractivity contribution in [2.45, 2.75) is 33.2 Å². The average Bonchev–Trinajstić information content (AvgIpc) is 2.65. The minimum atomic E-state index is -0.851. The Morgan fingerprint density at radius 3 is 2.41 bits per heavy atom. The van der Waals surface area contributed by atoms with Crippen molar-refractivity contribution in [3.8, 4) is 17.2 Å². The predicted octanol–water partition coefficient (Wildman–Crippen LogP) is 4.34. The fourth-order valence-electron chi connectivity index (χ4n) is 2.47. The minimum Gasteiger partial charge on any atom is -0.507 e. The molecule has 0 amide bonds. The summed E-state index contributed by atoms with van der Waals surface area (Å²) < 4.78 is 12.6. The lowest BCUT2D eigenvalue weighted by Crippen LogP contribution is -2.35. The lowest BCUT2D eigenvalue weighted by Gasteiger charge is -2.16. The summed E-state index contributed by atoms with van der Waals surface area (Å²) in [5.74, 6) is 0.612. The van der Waals surface area contributed by atoms with Crippen LogP contribution in [0.2, 0.25) is 0 Å². The lowest BCUT2D eigenvalue weighted by molar-refractivity contribution is -0.149. The molecule has 0 aromatic heterocycles. The normalized spacial score (nSPS) is 12.0. The van der Waals surface area contributed by atoms with Crippen molar-refractivity contribution >= 4 is 56.9 Å². The zero-order chi connectivity index (χ0) is 21.7. The summed E-state index contributed by atoms with van der Waals surface area (Å²) >= 11 is 4.21. The molecule has 0 bridgehead atoms. The van der Waals surface area contributed by atoms with Crippen molar-refractivity contribution in [1.82, 2.24) is 0 Å². The molecular formula is C21H23I2NO5. The summed E-state index contributed by atoms with van der Waals surface area (Å²) in [5, 5.41) is 9.65. The van der Waals surface area contributed by atoms with Crippen LogP contribution in [-0.2, 0) is 20.7 Å². The molecule has 0 radical (unpaired) electrons. The van der Waals surface area contributed by atoms with Crippen molar-refractivity contribution in [1.29, 1.82) is 0 Å². The highest BCUT2D eigenvalue weighted by atomic mass is 127. The highest BCUT2D eigenvalue weighted by Gasteiger charge is 2.19. The van der Waals surface area contributed by atoms with Gasteiger partial charge in [-0.25, -0.2) is 0 Å². The first-order valence-electron chi connectivity index (χ1n) is 8.98. The third-order valence-electron chi connectivity index (χ3n) is 4.19. The topological polar surface area (TPSA) is 98.9 Å². The number of nitrogens with two attached hydrogens (primary N) is 1. The zero-order valence-electron chi connectivity index (χ0n) is 16.4. The van der Waals surface area contributed by atoms with Crippen molar-refractivity contribution in [3.05, 3.63) is 48.6 Å². The number of ether oxygens (including phenoxy) is 2. The number of aryl methyl sites for hydroxylation is 1. The number of carbonyl (C=O) groups is 2. The third kappa shape index (κ3) is 6.82. The molecule has 0 heterocycles. The second-order valence-corrected chi connectivity index (χ2v) is 9.30. The maximum absolute atomic E-state index is 12.1. The quantitative estimate of drug-likeness (QED) is 0.336. The van der Waals surface area contributed by atoms with Gasteiger partial charge >= 0.3 is 5.97 Å². The first-order chi connectivity index (χ1) is 13.6. The van der Waals surface area contributed by atoms with Gasteiger partial charge in [-0.15, -0.1) is 0 Å². The second-order valence-electron chi connectivity index (χ2n) is 6.98. The maximum atomic E-state index is 12.1. The molecule has 8 heteroatoms. The standard InChI is InChI=1S/C21H23I2NO5/c1-11(2)19(26)10-28-21(27)17(24)8-13-6-12(3)20(16(23)7-13)29-14-4-5-18(25)15(22)9-14/h4-7,9,11,17,25H,8,10,24H2,1-3H3/t17-/m0/s1. The van der Waals surface area contributed by atoms with Gasteiger partial charge in [-0.2, -0.15) is 0 Å². The smallest absolute Gasteiger partial charge is 0.323 e. The van der Waals surface area contributed by atoms with Gasteiger partial charge < -0.3 is 20.3 Å². The molecule has 3 N–H and O–H groups in total. The molecule has 0 aliphatic rings. The number of Topliss-reactive ketones (excluding diaryl/α,β-unsaturated/α-hetero) is 1. The Bertz CT molecular complexity index is 891. The Hall–Kier alpha value is -1.40. The van der Waals surface area contributed by atoms with E-state index in [0.717, 1.165) is 14.7 Å². The largest absolute Gasteiger partial charge is 0.507 e. The summed E-state index contributed by atoms with van der Waals surface area (Å²) in [6.45, 7) is 5.17. The number of carbonyl (C=O) groups excluding carboxylic acids is 2. The van der Waals surface area contributed by atoms with Crippen molar-refractivity contribution in [2.75, 3.05) is 6.61 Å². The fourth-order valence-corrected chi connectivity index (χ4v) is 3.89. The van der Waals surface area contributed by atoms with Crippen molar-refractivity contribution in [2.24, 2.45) is 11.7 Å². The monoisotopic (exact) mass is 623 g/mol. The summed E-state index contributed by atoms with van der Waals surface area (Å²) in [6.07, 6.45) is 0.295. The van der Waals surface area contributed by atoms with Crippen LogP contribution in [0.3, 0.4) is 0 Å². The van der Waals surface area contributed by atoms with Gasteiger partial charge in [0, 0.05) is 5.92 Å². The van der Waals surface area contributed by atoms with Gasteiger partial charge in [0.1, 0.15) is 29.9 Å². The zero-order valence-corrected chi connectivity index (χ0v) is 20.7.